The molecular weight excluding hydrogens is 444 g/mol. The first-order valence-corrected chi connectivity index (χ1v) is 11.2. The van der Waals surface area contributed by atoms with Crippen LogP contribution in [-0.2, 0) is 0 Å². The Balaban J connectivity index is 1.60. The van der Waals surface area contributed by atoms with Gasteiger partial charge in [-0.25, -0.2) is 4.68 Å². The minimum absolute atomic E-state index is 0.264. The topological polar surface area (TPSA) is 79.7 Å². The lowest BCUT2D eigenvalue weighted by atomic mass is 9.84. The van der Waals surface area contributed by atoms with Gasteiger partial charge in [0.05, 0.1) is 27.0 Å². The summed E-state index contributed by atoms with van der Waals surface area (Å²) < 4.78 is 25.2. The first kappa shape index (κ1) is 21.1. The molecule has 0 bridgehead atoms. The standard InChI is InChI=1S/C27H24N4O4/c1-32-17-10-8-16(9-11-17)25-23-24(30-27-28-15-29-31(25)27)19-6-4-5-7-21(19)35-26(23)20-13-12-18(33-2)14-22(20)34-3/h4-15,25-26H,1-3H3,(H,28,29,30)/t25-,26+/m0/s1. The summed E-state index contributed by atoms with van der Waals surface area (Å²) in [4.78, 5) is 4.48. The van der Waals surface area contributed by atoms with Crippen molar-refractivity contribution >= 4 is 11.6 Å². The Hall–Kier alpha value is -4.46. The zero-order chi connectivity index (χ0) is 23.9. The number of hydrogen-bond donors (Lipinski definition) is 1. The number of anilines is 1. The number of benzene rings is 3. The zero-order valence-electron chi connectivity index (χ0n) is 19.6. The second-order valence-corrected chi connectivity index (χ2v) is 8.26. The normalized spacial score (nSPS) is 17.9. The fourth-order valence-electron chi connectivity index (χ4n) is 4.82. The molecule has 0 radical (unpaired) electrons. The van der Waals surface area contributed by atoms with E-state index in [1.54, 1.807) is 27.7 Å². The second-order valence-electron chi connectivity index (χ2n) is 8.26. The summed E-state index contributed by atoms with van der Waals surface area (Å²) in [5, 5.41) is 8.09. The van der Waals surface area contributed by atoms with Crippen molar-refractivity contribution in [1.82, 2.24) is 14.8 Å². The molecule has 4 aromatic rings. The molecular formula is C27H24N4O4. The summed E-state index contributed by atoms with van der Waals surface area (Å²) in [6, 6.07) is 21.5. The third-order valence-corrected chi connectivity index (χ3v) is 6.48. The number of hydrogen-bond acceptors (Lipinski definition) is 7. The van der Waals surface area contributed by atoms with Gasteiger partial charge >= 0.3 is 0 Å². The van der Waals surface area contributed by atoms with Gasteiger partial charge in [-0.3, -0.25) is 0 Å². The highest BCUT2D eigenvalue weighted by molar-refractivity contribution is 5.85. The summed E-state index contributed by atoms with van der Waals surface area (Å²) in [6.07, 6.45) is 1.12. The third-order valence-electron chi connectivity index (χ3n) is 6.48. The molecule has 0 spiro atoms. The Labute approximate surface area is 202 Å². The van der Waals surface area contributed by atoms with Gasteiger partial charge in [0.15, 0.2) is 6.10 Å². The molecule has 1 aromatic heterocycles. The summed E-state index contributed by atoms with van der Waals surface area (Å²) in [6.45, 7) is 0. The van der Waals surface area contributed by atoms with Gasteiger partial charge in [0.25, 0.3) is 0 Å². The molecule has 0 unspecified atom stereocenters. The van der Waals surface area contributed by atoms with Crippen LogP contribution in [0.3, 0.4) is 0 Å². The molecule has 1 N–H and O–H groups in total. The number of para-hydroxylation sites is 1. The van der Waals surface area contributed by atoms with Gasteiger partial charge in [-0.1, -0.05) is 24.3 Å². The number of aromatic nitrogens is 3. The first-order valence-electron chi connectivity index (χ1n) is 11.2. The van der Waals surface area contributed by atoms with Crippen LogP contribution in [0.1, 0.15) is 28.8 Å². The van der Waals surface area contributed by atoms with Gasteiger partial charge in [-0.2, -0.15) is 10.1 Å². The largest absolute Gasteiger partial charge is 0.497 e. The van der Waals surface area contributed by atoms with Gasteiger partial charge in [-0.15, -0.1) is 0 Å². The van der Waals surface area contributed by atoms with Crippen molar-refractivity contribution in [3.63, 3.8) is 0 Å². The lowest BCUT2D eigenvalue weighted by Crippen LogP contribution is -2.32. The van der Waals surface area contributed by atoms with Gasteiger partial charge in [-0.05, 0) is 42.0 Å². The highest BCUT2D eigenvalue weighted by Crippen LogP contribution is 2.52. The van der Waals surface area contributed by atoms with Crippen LogP contribution in [0.15, 0.2) is 78.6 Å². The number of nitrogens with one attached hydrogen (secondary N) is 1. The molecule has 2 atom stereocenters. The van der Waals surface area contributed by atoms with E-state index in [2.05, 4.69) is 21.5 Å². The van der Waals surface area contributed by atoms with Gasteiger partial charge < -0.3 is 24.3 Å². The highest BCUT2D eigenvalue weighted by atomic mass is 16.5. The van der Waals surface area contributed by atoms with E-state index >= 15 is 0 Å². The minimum Gasteiger partial charge on any atom is -0.497 e. The maximum Gasteiger partial charge on any atom is 0.226 e. The third kappa shape index (κ3) is 3.37. The summed E-state index contributed by atoms with van der Waals surface area (Å²) in [5.41, 5.74) is 4.86. The van der Waals surface area contributed by atoms with Gasteiger partial charge in [0.2, 0.25) is 5.95 Å². The van der Waals surface area contributed by atoms with Crippen molar-refractivity contribution in [1.29, 1.82) is 0 Å². The van der Waals surface area contributed by atoms with Gasteiger partial charge in [0.1, 0.15) is 35.4 Å². The fourth-order valence-corrected chi connectivity index (χ4v) is 4.82. The average molecular weight is 469 g/mol. The van der Waals surface area contributed by atoms with Crippen LogP contribution in [0.25, 0.3) is 5.70 Å². The monoisotopic (exact) mass is 468 g/mol. The van der Waals surface area contributed by atoms with E-state index < -0.39 is 6.10 Å². The van der Waals surface area contributed by atoms with Crippen LogP contribution in [-0.4, -0.2) is 36.1 Å². The Morgan fingerprint density at radius 3 is 2.43 bits per heavy atom. The van der Waals surface area contributed by atoms with Crippen LogP contribution in [0.2, 0.25) is 0 Å². The van der Waals surface area contributed by atoms with Crippen LogP contribution in [0.5, 0.6) is 23.0 Å². The number of rotatable bonds is 5. The molecule has 2 aliphatic rings. The van der Waals surface area contributed by atoms with Crippen molar-refractivity contribution in [3.05, 3.63) is 95.3 Å². The second kappa shape index (κ2) is 8.39. The van der Waals surface area contributed by atoms with Gasteiger partial charge in [0, 0.05) is 22.8 Å². The Morgan fingerprint density at radius 2 is 1.66 bits per heavy atom. The molecule has 6 rings (SSSR count). The first-order chi connectivity index (χ1) is 17.2. The fraction of sp³-hybridized carbons (Fsp3) is 0.185. The van der Waals surface area contributed by atoms with E-state index in [9.17, 15) is 0 Å². The van der Waals surface area contributed by atoms with Crippen LogP contribution >= 0.6 is 0 Å². The molecule has 0 fully saturated rings. The van der Waals surface area contributed by atoms with Crippen molar-refractivity contribution in [2.75, 3.05) is 26.6 Å². The Bertz CT molecular complexity index is 1430. The van der Waals surface area contributed by atoms with Crippen LogP contribution in [0, 0.1) is 0 Å². The molecule has 0 saturated carbocycles. The lowest BCUT2D eigenvalue weighted by Gasteiger charge is -2.39. The van der Waals surface area contributed by atoms with Crippen molar-refractivity contribution < 1.29 is 18.9 Å². The van der Waals surface area contributed by atoms with Crippen molar-refractivity contribution in [3.8, 4) is 23.0 Å². The molecule has 3 heterocycles. The average Bonchev–Trinajstić information content (AvgIpc) is 3.39. The van der Waals surface area contributed by atoms with Crippen LogP contribution < -0.4 is 24.3 Å². The van der Waals surface area contributed by atoms with E-state index in [0.29, 0.717) is 17.4 Å². The van der Waals surface area contributed by atoms with E-state index in [1.165, 1.54) is 0 Å². The molecule has 176 valence electrons. The van der Waals surface area contributed by atoms with E-state index in [-0.39, 0.29) is 6.04 Å². The number of ether oxygens (including phenoxy) is 4. The minimum atomic E-state index is -0.447. The quantitative estimate of drug-likeness (QED) is 0.448. The molecule has 35 heavy (non-hydrogen) atoms. The lowest BCUT2D eigenvalue weighted by molar-refractivity contribution is 0.217. The highest BCUT2D eigenvalue weighted by Gasteiger charge is 2.41. The van der Waals surface area contributed by atoms with E-state index in [4.69, 9.17) is 18.9 Å². The molecule has 0 saturated heterocycles. The maximum absolute atomic E-state index is 6.69. The van der Waals surface area contributed by atoms with Crippen molar-refractivity contribution in [2.45, 2.75) is 12.1 Å². The Kier molecular flexibility index (Phi) is 5.06. The maximum atomic E-state index is 6.69. The SMILES string of the molecule is COc1ccc([C@H]2C3=C(Nc4ncnn42)c2ccccc2O[C@@H]3c2ccc(OC)cc2OC)cc1. The molecule has 2 aliphatic heterocycles. The summed E-state index contributed by atoms with van der Waals surface area (Å²) >= 11 is 0. The molecule has 8 heteroatoms. The zero-order valence-corrected chi connectivity index (χ0v) is 19.6. The van der Waals surface area contributed by atoms with E-state index in [1.807, 2.05) is 65.3 Å². The molecule has 0 amide bonds. The summed E-state index contributed by atoms with van der Waals surface area (Å²) in [5.74, 6) is 3.63. The molecule has 8 nitrogen and oxygen atoms in total. The number of nitrogens with zero attached hydrogens (tertiary/aromatic N) is 3. The van der Waals surface area contributed by atoms with E-state index in [0.717, 1.165) is 39.5 Å². The number of fused-ring (bicyclic) bond motifs is 3. The summed E-state index contributed by atoms with van der Waals surface area (Å²) in [7, 11) is 4.95. The smallest absolute Gasteiger partial charge is 0.226 e. The number of methoxy groups -OCH3 is 3. The molecule has 3 aromatic carbocycles. The van der Waals surface area contributed by atoms with Crippen LogP contribution in [0.4, 0.5) is 5.95 Å². The van der Waals surface area contributed by atoms with Crippen molar-refractivity contribution in [2.24, 2.45) is 0 Å². The predicted octanol–water partition coefficient (Wildman–Crippen LogP) is 4.86. The predicted molar refractivity (Wildman–Crippen MR) is 131 cm³/mol. The Morgan fingerprint density at radius 1 is 0.886 bits per heavy atom. The molecule has 0 aliphatic carbocycles.